The monoisotopic (exact) mass is 178 g/mol. The van der Waals surface area contributed by atoms with Gasteiger partial charge < -0.3 is 0 Å². The van der Waals surface area contributed by atoms with Gasteiger partial charge in [0.15, 0.2) is 8.46 Å². The Morgan fingerprint density at radius 1 is 1.67 bits per heavy atom. The first-order valence-electron chi connectivity index (χ1n) is 3.51. The van der Waals surface area contributed by atoms with E-state index in [2.05, 4.69) is 4.98 Å². The maximum atomic E-state index is 10.1. The van der Waals surface area contributed by atoms with E-state index in [0.717, 1.165) is 5.69 Å². The summed E-state index contributed by atoms with van der Waals surface area (Å²) in [5, 5.41) is 8.55. The van der Waals surface area contributed by atoms with Crippen LogP contribution in [-0.2, 0) is 11.0 Å². The number of hydrogen-bond donors (Lipinski definition) is 0. The third kappa shape index (κ3) is 2.41. The number of pyridine rings is 1. The number of hydrogen-bond acceptors (Lipinski definition) is 3. The van der Waals surface area contributed by atoms with Crippen molar-refractivity contribution in [3.05, 3.63) is 29.6 Å². The molecule has 0 amide bonds. The van der Waals surface area contributed by atoms with E-state index >= 15 is 0 Å². The van der Waals surface area contributed by atoms with Gasteiger partial charge >= 0.3 is 0 Å². The fourth-order valence-electron chi connectivity index (χ4n) is 0.845. The van der Waals surface area contributed by atoms with E-state index in [9.17, 15) is 4.57 Å². The smallest absolute Gasteiger partial charge is 0.155 e. The summed E-state index contributed by atoms with van der Waals surface area (Å²) in [5.41, 5.74) is 1.42. The lowest BCUT2D eigenvalue weighted by Gasteiger charge is -1.94. The second-order valence-electron chi connectivity index (χ2n) is 2.25. The largest absolute Gasteiger partial charge is 0.275 e. The highest BCUT2D eigenvalue weighted by molar-refractivity contribution is 7.23. The van der Waals surface area contributed by atoms with Crippen LogP contribution >= 0.6 is 8.46 Å². The lowest BCUT2D eigenvalue weighted by molar-refractivity contribution is 0.598. The van der Waals surface area contributed by atoms with Crippen molar-refractivity contribution in [2.45, 2.75) is 6.42 Å². The molecule has 0 spiro atoms. The van der Waals surface area contributed by atoms with Gasteiger partial charge in [-0.15, -0.1) is 0 Å². The van der Waals surface area contributed by atoms with Crippen LogP contribution in [0.25, 0.3) is 0 Å². The Morgan fingerprint density at radius 2 is 2.50 bits per heavy atom. The minimum Gasteiger partial charge on any atom is -0.275 e. The first kappa shape index (κ1) is 8.83. The van der Waals surface area contributed by atoms with E-state index in [1.807, 2.05) is 6.07 Å². The van der Waals surface area contributed by atoms with Crippen LogP contribution in [0.1, 0.15) is 11.3 Å². The molecule has 1 rings (SSSR count). The minimum absolute atomic E-state index is 0.122. The number of rotatable bonds is 3. The molecule has 0 saturated heterocycles. The Labute approximate surface area is 72.3 Å². The molecular weight excluding hydrogens is 171 g/mol. The minimum atomic E-state index is 0.122. The molecule has 0 aliphatic rings. The number of nitriles is 1. The van der Waals surface area contributed by atoms with E-state index < -0.39 is 0 Å². The standard InChI is InChI=1S/C8H7N2OP/c9-6-7-1-3-10-8(5-7)2-4-12-11/h1,3,5H,2,4H2. The van der Waals surface area contributed by atoms with Crippen molar-refractivity contribution in [2.24, 2.45) is 0 Å². The van der Waals surface area contributed by atoms with Gasteiger partial charge in [-0.1, -0.05) is 0 Å². The fraction of sp³-hybridized carbons (Fsp3) is 0.250. The second kappa shape index (κ2) is 4.58. The zero-order valence-electron chi connectivity index (χ0n) is 6.40. The second-order valence-corrected chi connectivity index (χ2v) is 2.96. The Balaban J connectivity index is 2.74. The normalized spacial score (nSPS) is 9.58. The molecule has 60 valence electrons. The van der Waals surface area contributed by atoms with Crippen molar-refractivity contribution >= 4 is 8.46 Å². The van der Waals surface area contributed by atoms with Gasteiger partial charge in [0.25, 0.3) is 0 Å². The molecule has 0 atom stereocenters. The molecule has 1 aromatic rings. The van der Waals surface area contributed by atoms with E-state index in [0.29, 0.717) is 18.1 Å². The average molecular weight is 178 g/mol. The molecule has 12 heavy (non-hydrogen) atoms. The average Bonchev–Trinajstić information content (AvgIpc) is 2.15. The van der Waals surface area contributed by atoms with Crippen molar-refractivity contribution in [1.82, 2.24) is 4.98 Å². The van der Waals surface area contributed by atoms with Crippen LogP contribution in [0, 0.1) is 11.3 Å². The van der Waals surface area contributed by atoms with Gasteiger partial charge in [0, 0.05) is 24.5 Å². The third-order valence-corrected chi connectivity index (χ3v) is 1.81. The number of nitrogens with zero attached hydrogens (tertiary/aromatic N) is 2. The van der Waals surface area contributed by atoms with E-state index in [1.54, 1.807) is 18.3 Å². The summed E-state index contributed by atoms with van der Waals surface area (Å²) in [5.74, 6) is 0. The van der Waals surface area contributed by atoms with Gasteiger partial charge in [-0.3, -0.25) is 9.55 Å². The Morgan fingerprint density at radius 3 is 3.17 bits per heavy atom. The van der Waals surface area contributed by atoms with Crippen molar-refractivity contribution in [2.75, 3.05) is 6.16 Å². The Hall–Kier alpha value is -1.26. The van der Waals surface area contributed by atoms with E-state index in [-0.39, 0.29) is 8.46 Å². The summed E-state index contributed by atoms with van der Waals surface area (Å²) >= 11 is 0. The highest BCUT2D eigenvalue weighted by atomic mass is 31.1. The van der Waals surface area contributed by atoms with Crippen LogP contribution in [0.15, 0.2) is 18.3 Å². The quantitative estimate of drug-likeness (QED) is 0.663. The molecule has 4 heteroatoms. The molecular formula is C8H7N2OP. The zero-order chi connectivity index (χ0) is 8.81. The maximum Gasteiger partial charge on any atom is 0.155 e. The molecule has 1 aromatic heterocycles. The van der Waals surface area contributed by atoms with E-state index in [4.69, 9.17) is 5.26 Å². The van der Waals surface area contributed by atoms with Crippen molar-refractivity contribution in [1.29, 1.82) is 5.26 Å². The summed E-state index contributed by atoms with van der Waals surface area (Å²) in [6, 6.07) is 5.39. The van der Waals surface area contributed by atoms with Gasteiger partial charge in [0.05, 0.1) is 11.6 Å². The molecule has 0 aromatic carbocycles. The highest BCUT2D eigenvalue weighted by Crippen LogP contribution is 2.03. The summed E-state index contributed by atoms with van der Waals surface area (Å²) in [6.07, 6.45) is 2.80. The van der Waals surface area contributed by atoms with Crippen molar-refractivity contribution in [3.8, 4) is 6.07 Å². The summed E-state index contributed by atoms with van der Waals surface area (Å²) in [4.78, 5) is 4.03. The van der Waals surface area contributed by atoms with Crippen molar-refractivity contribution < 1.29 is 4.57 Å². The molecule has 0 aliphatic carbocycles. The molecule has 0 unspecified atom stereocenters. The molecule has 0 radical (unpaired) electrons. The summed E-state index contributed by atoms with van der Waals surface area (Å²) in [7, 11) is 0.122. The molecule has 3 nitrogen and oxygen atoms in total. The Kier molecular flexibility index (Phi) is 3.37. The van der Waals surface area contributed by atoms with Crippen LogP contribution in [-0.4, -0.2) is 11.1 Å². The lowest BCUT2D eigenvalue weighted by atomic mass is 10.2. The highest BCUT2D eigenvalue weighted by Gasteiger charge is 1.95. The van der Waals surface area contributed by atoms with Gasteiger partial charge in [-0.25, -0.2) is 0 Å². The molecule has 0 N–H and O–H groups in total. The SMILES string of the molecule is N#Cc1ccnc(CCP=O)c1. The number of aromatic nitrogens is 1. The first-order valence-corrected chi connectivity index (χ1v) is 4.50. The van der Waals surface area contributed by atoms with Crippen LogP contribution < -0.4 is 0 Å². The molecule has 0 aliphatic heterocycles. The molecule has 0 bridgehead atoms. The van der Waals surface area contributed by atoms with Gasteiger partial charge in [-0.2, -0.15) is 5.26 Å². The van der Waals surface area contributed by atoms with Crippen molar-refractivity contribution in [3.63, 3.8) is 0 Å². The van der Waals surface area contributed by atoms with Gasteiger partial charge in [-0.05, 0) is 12.1 Å². The van der Waals surface area contributed by atoms with Crippen LogP contribution in [0.2, 0.25) is 0 Å². The fourth-order valence-corrected chi connectivity index (χ4v) is 1.17. The van der Waals surface area contributed by atoms with Gasteiger partial charge in [0.2, 0.25) is 0 Å². The zero-order valence-corrected chi connectivity index (χ0v) is 7.29. The molecule has 0 saturated carbocycles. The Bertz CT molecular complexity index is 319. The third-order valence-electron chi connectivity index (χ3n) is 1.40. The predicted molar refractivity (Wildman–Crippen MR) is 45.1 cm³/mol. The first-order chi connectivity index (χ1) is 5.86. The molecule has 0 fully saturated rings. The van der Waals surface area contributed by atoms with Crippen LogP contribution in [0.5, 0.6) is 0 Å². The van der Waals surface area contributed by atoms with Crippen LogP contribution in [0.4, 0.5) is 0 Å². The number of aryl methyl sites for hydroxylation is 1. The maximum absolute atomic E-state index is 10.1. The predicted octanol–water partition coefficient (Wildman–Crippen LogP) is 1.79. The van der Waals surface area contributed by atoms with Gasteiger partial charge in [0.1, 0.15) is 0 Å². The van der Waals surface area contributed by atoms with Crippen LogP contribution in [0.3, 0.4) is 0 Å². The summed E-state index contributed by atoms with van der Waals surface area (Å²) < 4.78 is 10.1. The topological polar surface area (TPSA) is 53.8 Å². The van der Waals surface area contributed by atoms with E-state index in [1.165, 1.54) is 0 Å². The molecule has 1 heterocycles. The lowest BCUT2D eigenvalue weighted by Crippen LogP contribution is -1.91. The summed E-state index contributed by atoms with van der Waals surface area (Å²) in [6.45, 7) is 0.